The van der Waals surface area contributed by atoms with Crippen molar-refractivity contribution in [3.8, 4) is 0 Å². The molecule has 2 fully saturated rings. The summed E-state index contributed by atoms with van der Waals surface area (Å²) in [7, 11) is 0. The Morgan fingerprint density at radius 2 is 1.89 bits per heavy atom. The maximum Gasteiger partial charge on any atom is 0.309 e. The molecule has 1 aromatic rings. The number of piperidine rings is 2. The van der Waals surface area contributed by atoms with Crippen LogP contribution in [0, 0.1) is 18.8 Å². The Hall–Kier alpha value is -1.88. The number of ether oxygens (including phenoxy) is 1. The van der Waals surface area contributed by atoms with Gasteiger partial charge in [0.15, 0.2) is 0 Å². The number of nitrogens with zero attached hydrogens (tertiary/aromatic N) is 2. The van der Waals surface area contributed by atoms with Crippen molar-refractivity contribution in [2.75, 3.05) is 32.8 Å². The van der Waals surface area contributed by atoms with Crippen LogP contribution in [0.3, 0.4) is 0 Å². The summed E-state index contributed by atoms with van der Waals surface area (Å²) in [6.45, 7) is 8.54. The van der Waals surface area contributed by atoms with E-state index in [4.69, 9.17) is 4.74 Å². The van der Waals surface area contributed by atoms with E-state index in [1.807, 2.05) is 11.8 Å². The minimum absolute atomic E-state index is 0.0434. The van der Waals surface area contributed by atoms with Gasteiger partial charge >= 0.3 is 5.97 Å². The van der Waals surface area contributed by atoms with Crippen molar-refractivity contribution >= 4 is 11.9 Å². The molecular weight excluding hydrogens is 340 g/mol. The molecule has 2 aliphatic rings. The Morgan fingerprint density at radius 3 is 2.59 bits per heavy atom. The fourth-order valence-corrected chi connectivity index (χ4v) is 4.32. The normalized spacial score (nSPS) is 21.9. The van der Waals surface area contributed by atoms with E-state index >= 15 is 0 Å². The molecule has 1 aromatic carbocycles. The van der Waals surface area contributed by atoms with Gasteiger partial charge in [-0.3, -0.25) is 14.5 Å². The molecular formula is C22H32N2O3. The van der Waals surface area contributed by atoms with Gasteiger partial charge in [0.2, 0.25) is 5.91 Å². The summed E-state index contributed by atoms with van der Waals surface area (Å²) in [4.78, 5) is 29.3. The highest BCUT2D eigenvalue weighted by Crippen LogP contribution is 2.25. The van der Waals surface area contributed by atoms with Crippen molar-refractivity contribution in [3.63, 3.8) is 0 Å². The Kier molecular flexibility index (Phi) is 6.89. The lowest BCUT2D eigenvalue weighted by Gasteiger charge is -2.37. The predicted octanol–water partition coefficient (Wildman–Crippen LogP) is 3.01. The molecule has 0 saturated carbocycles. The second kappa shape index (κ2) is 9.36. The van der Waals surface area contributed by atoms with Gasteiger partial charge in [0.25, 0.3) is 0 Å². The summed E-state index contributed by atoms with van der Waals surface area (Å²) in [5.41, 5.74) is 2.60. The first-order valence-corrected chi connectivity index (χ1v) is 10.3. The van der Waals surface area contributed by atoms with Crippen LogP contribution in [0.15, 0.2) is 24.3 Å². The summed E-state index contributed by atoms with van der Waals surface area (Å²) in [6.07, 6.45) is 3.50. The van der Waals surface area contributed by atoms with Gasteiger partial charge in [0, 0.05) is 26.2 Å². The number of benzene rings is 1. The lowest BCUT2D eigenvalue weighted by Crippen LogP contribution is -2.47. The molecule has 1 unspecified atom stereocenters. The molecule has 148 valence electrons. The summed E-state index contributed by atoms with van der Waals surface area (Å²) >= 11 is 0. The smallest absolute Gasteiger partial charge is 0.309 e. The van der Waals surface area contributed by atoms with Crippen LogP contribution < -0.4 is 0 Å². The van der Waals surface area contributed by atoms with Crippen LogP contribution in [0.25, 0.3) is 0 Å². The van der Waals surface area contributed by atoms with Crippen LogP contribution in [-0.2, 0) is 20.9 Å². The topological polar surface area (TPSA) is 49.9 Å². The quantitative estimate of drug-likeness (QED) is 0.746. The molecule has 0 spiro atoms. The maximum atomic E-state index is 13.0. The standard InChI is InChI=1S/C22H32N2O3/c1-3-27-22(26)19-9-12-24(13-10-19)21(25)20-8-5-11-23(16-20)15-18-7-4-6-17(2)14-18/h4,6-7,14,19-20H,3,5,8-13,15-16H2,1-2H3. The summed E-state index contributed by atoms with van der Waals surface area (Å²) in [5.74, 6) is 0.207. The first-order valence-electron chi connectivity index (χ1n) is 10.3. The Labute approximate surface area is 162 Å². The van der Waals surface area contributed by atoms with Crippen LogP contribution in [-0.4, -0.2) is 54.5 Å². The molecule has 0 aliphatic carbocycles. The number of carbonyl (C=O) groups is 2. The summed E-state index contributed by atoms with van der Waals surface area (Å²) in [6, 6.07) is 8.61. The highest BCUT2D eigenvalue weighted by molar-refractivity contribution is 5.80. The van der Waals surface area contributed by atoms with Crippen LogP contribution >= 0.6 is 0 Å². The fraction of sp³-hybridized carbons (Fsp3) is 0.636. The average Bonchev–Trinajstić information content (AvgIpc) is 2.68. The van der Waals surface area contributed by atoms with Gasteiger partial charge in [0.1, 0.15) is 0 Å². The zero-order valence-electron chi connectivity index (χ0n) is 16.7. The zero-order chi connectivity index (χ0) is 19.2. The number of hydrogen-bond donors (Lipinski definition) is 0. The van der Waals surface area contributed by atoms with Crippen LogP contribution in [0.2, 0.25) is 0 Å². The van der Waals surface area contributed by atoms with Gasteiger partial charge < -0.3 is 9.64 Å². The van der Waals surface area contributed by atoms with E-state index in [2.05, 4.69) is 36.1 Å². The molecule has 5 nitrogen and oxygen atoms in total. The van der Waals surface area contributed by atoms with E-state index < -0.39 is 0 Å². The molecule has 2 aliphatic heterocycles. The van der Waals surface area contributed by atoms with Crippen molar-refractivity contribution in [2.24, 2.45) is 11.8 Å². The average molecular weight is 373 g/mol. The lowest BCUT2D eigenvalue weighted by molar-refractivity contribution is -0.152. The molecule has 27 heavy (non-hydrogen) atoms. The predicted molar refractivity (Wildman–Crippen MR) is 105 cm³/mol. The lowest BCUT2D eigenvalue weighted by atomic mass is 9.92. The molecule has 0 N–H and O–H groups in total. The Bertz CT molecular complexity index is 653. The van der Waals surface area contributed by atoms with Gasteiger partial charge in [-0.05, 0) is 51.6 Å². The molecule has 5 heteroatoms. The molecule has 0 aromatic heterocycles. The van der Waals surface area contributed by atoms with Crippen molar-refractivity contribution in [1.29, 1.82) is 0 Å². The van der Waals surface area contributed by atoms with E-state index in [-0.39, 0.29) is 23.7 Å². The molecule has 2 heterocycles. The molecule has 1 atom stereocenters. The van der Waals surface area contributed by atoms with E-state index in [0.717, 1.165) is 45.3 Å². The van der Waals surface area contributed by atoms with E-state index in [1.165, 1.54) is 11.1 Å². The zero-order valence-corrected chi connectivity index (χ0v) is 16.7. The third-order valence-electron chi connectivity index (χ3n) is 5.77. The van der Waals surface area contributed by atoms with Gasteiger partial charge in [-0.25, -0.2) is 0 Å². The van der Waals surface area contributed by atoms with Gasteiger partial charge in [-0.2, -0.15) is 0 Å². The second-order valence-electron chi connectivity index (χ2n) is 7.91. The Balaban J connectivity index is 1.51. The first kappa shape index (κ1) is 19.9. The number of hydrogen-bond acceptors (Lipinski definition) is 4. The number of amides is 1. The minimum Gasteiger partial charge on any atom is -0.466 e. The minimum atomic E-state index is -0.105. The monoisotopic (exact) mass is 372 g/mol. The van der Waals surface area contributed by atoms with E-state index in [9.17, 15) is 9.59 Å². The Morgan fingerprint density at radius 1 is 1.11 bits per heavy atom. The maximum absolute atomic E-state index is 13.0. The first-order chi connectivity index (χ1) is 13.1. The van der Waals surface area contributed by atoms with Crippen molar-refractivity contribution < 1.29 is 14.3 Å². The van der Waals surface area contributed by atoms with Crippen LogP contribution in [0.5, 0.6) is 0 Å². The SMILES string of the molecule is CCOC(=O)C1CCN(C(=O)C2CCCN(Cc3cccc(C)c3)C2)CC1. The number of likely N-dealkylation sites (tertiary alicyclic amines) is 2. The van der Waals surface area contributed by atoms with E-state index in [1.54, 1.807) is 0 Å². The summed E-state index contributed by atoms with van der Waals surface area (Å²) < 4.78 is 5.12. The van der Waals surface area contributed by atoms with Gasteiger partial charge in [-0.1, -0.05) is 29.8 Å². The number of rotatable bonds is 5. The molecule has 0 bridgehead atoms. The number of aryl methyl sites for hydroxylation is 1. The largest absolute Gasteiger partial charge is 0.466 e. The van der Waals surface area contributed by atoms with Crippen LogP contribution in [0.1, 0.15) is 43.7 Å². The summed E-state index contributed by atoms with van der Waals surface area (Å²) in [5, 5.41) is 0. The number of esters is 1. The van der Waals surface area contributed by atoms with Crippen molar-refractivity contribution in [2.45, 2.75) is 46.1 Å². The van der Waals surface area contributed by atoms with Crippen LogP contribution in [0.4, 0.5) is 0 Å². The highest BCUT2D eigenvalue weighted by Gasteiger charge is 2.33. The third-order valence-corrected chi connectivity index (χ3v) is 5.77. The van der Waals surface area contributed by atoms with Gasteiger partial charge in [0.05, 0.1) is 18.4 Å². The molecule has 2 saturated heterocycles. The fourth-order valence-electron chi connectivity index (χ4n) is 4.32. The van der Waals surface area contributed by atoms with Crippen molar-refractivity contribution in [1.82, 2.24) is 9.80 Å². The molecule has 0 radical (unpaired) electrons. The molecule has 3 rings (SSSR count). The van der Waals surface area contributed by atoms with Crippen molar-refractivity contribution in [3.05, 3.63) is 35.4 Å². The number of carbonyl (C=O) groups excluding carboxylic acids is 2. The second-order valence-corrected chi connectivity index (χ2v) is 7.91. The highest BCUT2D eigenvalue weighted by atomic mass is 16.5. The molecule has 1 amide bonds. The van der Waals surface area contributed by atoms with E-state index in [0.29, 0.717) is 19.7 Å². The third kappa shape index (κ3) is 5.32. The van der Waals surface area contributed by atoms with Gasteiger partial charge in [-0.15, -0.1) is 0 Å².